The fourth-order valence-corrected chi connectivity index (χ4v) is 2.12. The third-order valence-electron chi connectivity index (χ3n) is 3.20. The lowest BCUT2D eigenvalue weighted by atomic mass is 9.81. The summed E-state index contributed by atoms with van der Waals surface area (Å²) in [6.45, 7) is 6.93. The van der Waals surface area contributed by atoms with E-state index >= 15 is 0 Å². The Labute approximate surface area is 99.2 Å². The number of nitrogens with zero attached hydrogens (tertiary/aromatic N) is 2. The molecule has 0 bridgehead atoms. The topological polar surface area (TPSA) is 29.9 Å². The molecule has 3 nitrogen and oxygen atoms in total. The van der Waals surface area contributed by atoms with Crippen LogP contribution in [0.15, 0.2) is 12.4 Å². The van der Waals surface area contributed by atoms with E-state index < -0.39 is 0 Å². The average Bonchev–Trinajstić information content (AvgIpc) is 2.61. The molecule has 1 aromatic rings. The Hall–Kier alpha value is -0.830. The predicted molar refractivity (Wildman–Crippen MR) is 68.4 cm³/mol. The van der Waals surface area contributed by atoms with Gasteiger partial charge < -0.3 is 5.32 Å². The summed E-state index contributed by atoms with van der Waals surface area (Å²) in [5.41, 5.74) is 1.73. The van der Waals surface area contributed by atoms with E-state index in [0.717, 1.165) is 6.42 Å². The van der Waals surface area contributed by atoms with E-state index in [0.29, 0.717) is 11.5 Å². The van der Waals surface area contributed by atoms with Crippen LogP contribution >= 0.6 is 0 Å². The molecule has 0 aromatic carbocycles. The molecule has 0 radical (unpaired) electrons. The van der Waals surface area contributed by atoms with Gasteiger partial charge in [0, 0.05) is 19.3 Å². The van der Waals surface area contributed by atoms with Crippen LogP contribution in [0.2, 0.25) is 0 Å². The van der Waals surface area contributed by atoms with Gasteiger partial charge in [-0.05, 0) is 44.2 Å². The zero-order chi connectivity index (χ0) is 12.2. The minimum absolute atomic E-state index is 0.387. The predicted octanol–water partition coefficient (Wildman–Crippen LogP) is 2.38. The molecule has 0 aliphatic heterocycles. The van der Waals surface area contributed by atoms with Crippen molar-refractivity contribution in [3.05, 3.63) is 18.0 Å². The van der Waals surface area contributed by atoms with Crippen molar-refractivity contribution in [3.63, 3.8) is 0 Å². The molecule has 0 amide bonds. The second-order valence-corrected chi connectivity index (χ2v) is 5.58. The molecule has 0 spiro atoms. The van der Waals surface area contributed by atoms with E-state index in [1.807, 2.05) is 25.0 Å². The van der Waals surface area contributed by atoms with Crippen molar-refractivity contribution >= 4 is 0 Å². The zero-order valence-corrected chi connectivity index (χ0v) is 11.2. The van der Waals surface area contributed by atoms with Crippen molar-refractivity contribution in [3.8, 4) is 0 Å². The lowest BCUT2D eigenvalue weighted by Crippen LogP contribution is -2.28. The lowest BCUT2D eigenvalue weighted by Gasteiger charge is -2.27. The monoisotopic (exact) mass is 223 g/mol. The maximum absolute atomic E-state index is 4.20. The Morgan fingerprint density at radius 1 is 1.50 bits per heavy atom. The average molecular weight is 223 g/mol. The van der Waals surface area contributed by atoms with Crippen LogP contribution in [0.4, 0.5) is 0 Å². The highest BCUT2D eigenvalue weighted by Gasteiger charge is 2.20. The van der Waals surface area contributed by atoms with Gasteiger partial charge in [-0.15, -0.1) is 0 Å². The van der Waals surface area contributed by atoms with E-state index in [4.69, 9.17) is 0 Å². The van der Waals surface area contributed by atoms with E-state index in [9.17, 15) is 0 Å². The zero-order valence-electron chi connectivity index (χ0n) is 11.2. The molecule has 0 aliphatic rings. The molecule has 1 rings (SSSR count). The molecule has 1 heterocycles. The van der Waals surface area contributed by atoms with E-state index in [-0.39, 0.29) is 0 Å². The summed E-state index contributed by atoms with van der Waals surface area (Å²) in [5, 5.41) is 7.51. The van der Waals surface area contributed by atoms with Crippen molar-refractivity contribution in [1.82, 2.24) is 15.1 Å². The Bertz CT molecular complexity index is 315. The third kappa shape index (κ3) is 4.35. The molecule has 3 heteroatoms. The van der Waals surface area contributed by atoms with Gasteiger partial charge in [0.25, 0.3) is 0 Å². The van der Waals surface area contributed by atoms with Crippen LogP contribution in [0.5, 0.6) is 0 Å². The summed E-state index contributed by atoms with van der Waals surface area (Å²) in [4.78, 5) is 0. The van der Waals surface area contributed by atoms with Gasteiger partial charge in [-0.3, -0.25) is 4.68 Å². The van der Waals surface area contributed by atoms with Crippen molar-refractivity contribution in [2.24, 2.45) is 12.5 Å². The van der Waals surface area contributed by atoms with Gasteiger partial charge in [0.15, 0.2) is 0 Å². The number of rotatable bonds is 6. The second kappa shape index (κ2) is 5.48. The normalized spacial score (nSPS) is 14.1. The number of hydrogen-bond acceptors (Lipinski definition) is 2. The molecule has 1 unspecified atom stereocenters. The van der Waals surface area contributed by atoms with E-state index in [1.165, 1.54) is 18.4 Å². The summed E-state index contributed by atoms with van der Waals surface area (Å²) in [6, 6.07) is 0.587. The standard InChI is InChI=1S/C13H25N3/c1-11(14-4)8-13(2,3)7-6-12-9-15-16(5)10-12/h9-11,14H,6-8H2,1-5H3. The lowest BCUT2D eigenvalue weighted by molar-refractivity contribution is 0.274. The van der Waals surface area contributed by atoms with Crippen LogP contribution in [0.3, 0.4) is 0 Å². The largest absolute Gasteiger partial charge is 0.317 e. The number of nitrogens with one attached hydrogen (secondary N) is 1. The first-order chi connectivity index (χ1) is 7.43. The minimum Gasteiger partial charge on any atom is -0.317 e. The highest BCUT2D eigenvalue weighted by Crippen LogP contribution is 2.28. The number of aryl methyl sites for hydroxylation is 2. The third-order valence-corrected chi connectivity index (χ3v) is 3.20. The van der Waals surface area contributed by atoms with Crippen molar-refractivity contribution in [2.45, 2.75) is 46.1 Å². The molecule has 1 atom stereocenters. The van der Waals surface area contributed by atoms with Gasteiger partial charge in [0.1, 0.15) is 0 Å². The molecule has 0 fully saturated rings. The van der Waals surface area contributed by atoms with Crippen molar-refractivity contribution in [1.29, 1.82) is 0 Å². The van der Waals surface area contributed by atoms with Gasteiger partial charge in [-0.1, -0.05) is 13.8 Å². The summed E-state index contributed by atoms with van der Waals surface area (Å²) >= 11 is 0. The highest BCUT2D eigenvalue weighted by molar-refractivity contribution is 5.04. The van der Waals surface area contributed by atoms with Crippen LogP contribution in [-0.2, 0) is 13.5 Å². The fourth-order valence-electron chi connectivity index (χ4n) is 2.12. The van der Waals surface area contributed by atoms with Crippen LogP contribution in [0.25, 0.3) is 0 Å². The van der Waals surface area contributed by atoms with Crippen LogP contribution in [-0.4, -0.2) is 22.9 Å². The van der Waals surface area contributed by atoms with Crippen LogP contribution in [0, 0.1) is 5.41 Å². The van der Waals surface area contributed by atoms with Crippen LogP contribution in [0.1, 0.15) is 39.2 Å². The minimum atomic E-state index is 0.387. The second-order valence-electron chi connectivity index (χ2n) is 5.58. The van der Waals surface area contributed by atoms with Crippen LogP contribution < -0.4 is 5.32 Å². The highest BCUT2D eigenvalue weighted by atomic mass is 15.2. The molecule has 1 aromatic heterocycles. The molecule has 92 valence electrons. The van der Waals surface area contributed by atoms with Gasteiger partial charge >= 0.3 is 0 Å². The smallest absolute Gasteiger partial charge is 0.0521 e. The first kappa shape index (κ1) is 13.2. The summed E-state index contributed by atoms with van der Waals surface area (Å²) in [6.07, 6.45) is 7.63. The maximum atomic E-state index is 4.20. The summed E-state index contributed by atoms with van der Waals surface area (Å²) < 4.78 is 1.87. The van der Waals surface area contributed by atoms with Gasteiger partial charge in [0.2, 0.25) is 0 Å². The maximum Gasteiger partial charge on any atom is 0.0521 e. The van der Waals surface area contributed by atoms with Crippen molar-refractivity contribution < 1.29 is 0 Å². The fraction of sp³-hybridized carbons (Fsp3) is 0.769. The summed E-state index contributed by atoms with van der Waals surface area (Å²) in [5.74, 6) is 0. The molecule has 16 heavy (non-hydrogen) atoms. The van der Waals surface area contributed by atoms with Gasteiger partial charge in [-0.2, -0.15) is 5.10 Å². The summed E-state index contributed by atoms with van der Waals surface area (Å²) in [7, 11) is 4.00. The first-order valence-corrected chi connectivity index (χ1v) is 6.08. The first-order valence-electron chi connectivity index (χ1n) is 6.08. The Morgan fingerprint density at radius 3 is 2.69 bits per heavy atom. The molecular formula is C13H25N3. The van der Waals surface area contributed by atoms with E-state index in [2.05, 4.69) is 37.4 Å². The Kier molecular flexibility index (Phi) is 4.54. The SMILES string of the molecule is CNC(C)CC(C)(C)CCc1cnn(C)c1. The molecule has 1 N–H and O–H groups in total. The molecule has 0 aliphatic carbocycles. The van der Waals surface area contributed by atoms with E-state index in [1.54, 1.807) is 0 Å². The van der Waals surface area contributed by atoms with Crippen molar-refractivity contribution in [2.75, 3.05) is 7.05 Å². The number of hydrogen-bond donors (Lipinski definition) is 1. The number of aromatic nitrogens is 2. The Morgan fingerprint density at radius 2 is 2.19 bits per heavy atom. The Balaban J connectivity index is 2.41. The molecule has 0 saturated heterocycles. The van der Waals surface area contributed by atoms with Gasteiger partial charge in [0.05, 0.1) is 6.20 Å². The quantitative estimate of drug-likeness (QED) is 0.802. The van der Waals surface area contributed by atoms with Gasteiger partial charge in [-0.25, -0.2) is 0 Å². The molecule has 0 saturated carbocycles. The molecular weight excluding hydrogens is 198 g/mol.